The van der Waals surface area contributed by atoms with E-state index in [-0.39, 0.29) is 24.4 Å². The highest BCUT2D eigenvalue weighted by Crippen LogP contribution is 2.37. The van der Waals surface area contributed by atoms with E-state index in [4.69, 9.17) is 16.3 Å². The molecule has 1 amide bonds. The van der Waals surface area contributed by atoms with Crippen molar-refractivity contribution in [3.8, 4) is 5.75 Å². The standard InChI is InChI=1S/C16H19ClN4O2.ClH/c1-18-14(10-8-19-21(2)9-10)16(22)20-13-6-7-23-15-11(13)4-3-5-12(15)17;/h3-5,8-9,13-14,18H,6-7H2,1-2H3,(H,20,22);1H. The van der Waals surface area contributed by atoms with Crippen LogP contribution < -0.4 is 15.4 Å². The zero-order valence-electron chi connectivity index (χ0n) is 13.5. The number of carbonyl (C=O) groups is 1. The van der Waals surface area contributed by atoms with Gasteiger partial charge < -0.3 is 15.4 Å². The first-order valence-electron chi connectivity index (χ1n) is 7.47. The van der Waals surface area contributed by atoms with Crippen LogP contribution >= 0.6 is 24.0 Å². The number of rotatable bonds is 4. The summed E-state index contributed by atoms with van der Waals surface area (Å²) in [5.74, 6) is 0.562. The average molecular weight is 371 g/mol. The molecule has 130 valence electrons. The van der Waals surface area contributed by atoms with Gasteiger partial charge in [0.2, 0.25) is 5.91 Å². The molecule has 24 heavy (non-hydrogen) atoms. The molecule has 0 radical (unpaired) electrons. The topological polar surface area (TPSA) is 68.2 Å². The van der Waals surface area contributed by atoms with E-state index in [9.17, 15) is 4.79 Å². The summed E-state index contributed by atoms with van der Waals surface area (Å²) in [4.78, 5) is 12.7. The van der Waals surface area contributed by atoms with Crippen molar-refractivity contribution in [1.82, 2.24) is 20.4 Å². The molecule has 2 N–H and O–H groups in total. The molecule has 0 bridgehead atoms. The van der Waals surface area contributed by atoms with E-state index in [0.29, 0.717) is 23.8 Å². The minimum absolute atomic E-state index is 0. The Hall–Kier alpha value is -1.76. The molecule has 2 aromatic rings. The van der Waals surface area contributed by atoms with E-state index >= 15 is 0 Å². The van der Waals surface area contributed by atoms with Crippen molar-refractivity contribution in [2.45, 2.75) is 18.5 Å². The molecular weight excluding hydrogens is 351 g/mol. The quantitative estimate of drug-likeness (QED) is 0.866. The van der Waals surface area contributed by atoms with Crippen LogP contribution in [0.1, 0.15) is 29.6 Å². The summed E-state index contributed by atoms with van der Waals surface area (Å²) in [6.45, 7) is 0.527. The van der Waals surface area contributed by atoms with E-state index in [1.807, 2.05) is 25.4 Å². The number of nitrogens with zero attached hydrogens (tertiary/aromatic N) is 2. The highest BCUT2D eigenvalue weighted by atomic mass is 35.5. The van der Waals surface area contributed by atoms with Crippen LogP contribution in [0.25, 0.3) is 0 Å². The van der Waals surface area contributed by atoms with E-state index in [1.165, 1.54) is 0 Å². The second-order valence-electron chi connectivity index (χ2n) is 5.53. The molecule has 2 atom stereocenters. The van der Waals surface area contributed by atoms with Gasteiger partial charge in [-0.05, 0) is 13.1 Å². The summed E-state index contributed by atoms with van der Waals surface area (Å²) in [7, 11) is 3.58. The van der Waals surface area contributed by atoms with Crippen molar-refractivity contribution in [2.24, 2.45) is 7.05 Å². The lowest BCUT2D eigenvalue weighted by molar-refractivity contribution is -0.124. The average Bonchev–Trinajstić information content (AvgIpc) is 2.95. The number of para-hydroxylation sites is 1. The molecule has 0 saturated carbocycles. The number of hydrogen-bond acceptors (Lipinski definition) is 4. The number of nitrogens with one attached hydrogen (secondary N) is 2. The molecule has 8 heteroatoms. The summed E-state index contributed by atoms with van der Waals surface area (Å²) >= 11 is 6.17. The Bertz CT molecular complexity index is 720. The normalized spacial score (nSPS) is 17.2. The summed E-state index contributed by atoms with van der Waals surface area (Å²) in [6, 6.07) is 5.03. The van der Waals surface area contributed by atoms with Gasteiger partial charge in [-0.25, -0.2) is 0 Å². The zero-order chi connectivity index (χ0) is 16.4. The predicted molar refractivity (Wildman–Crippen MR) is 94.7 cm³/mol. The SMILES string of the molecule is CNC(C(=O)NC1CCOc2c(Cl)cccc21)c1cnn(C)c1.Cl. The number of aromatic nitrogens is 2. The number of halogens is 2. The van der Waals surface area contributed by atoms with Crippen molar-refractivity contribution in [2.75, 3.05) is 13.7 Å². The van der Waals surface area contributed by atoms with Crippen LogP contribution in [0.3, 0.4) is 0 Å². The lowest BCUT2D eigenvalue weighted by Gasteiger charge is -2.28. The van der Waals surface area contributed by atoms with Crippen LogP contribution in [0.5, 0.6) is 5.75 Å². The fourth-order valence-electron chi connectivity index (χ4n) is 2.83. The number of fused-ring (bicyclic) bond motifs is 1. The van der Waals surface area contributed by atoms with Gasteiger partial charge in [0, 0.05) is 30.8 Å². The lowest BCUT2D eigenvalue weighted by Crippen LogP contribution is -2.39. The third kappa shape index (κ3) is 3.66. The number of hydrogen-bond donors (Lipinski definition) is 2. The number of amides is 1. The maximum Gasteiger partial charge on any atom is 0.242 e. The van der Waals surface area contributed by atoms with Crippen LogP contribution in [-0.2, 0) is 11.8 Å². The van der Waals surface area contributed by atoms with E-state index in [0.717, 1.165) is 11.1 Å². The largest absolute Gasteiger partial charge is 0.492 e. The number of likely N-dealkylation sites (N-methyl/N-ethyl adjacent to an activating group) is 1. The van der Waals surface area contributed by atoms with Gasteiger partial charge in [-0.3, -0.25) is 9.48 Å². The van der Waals surface area contributed by atoms with Gasteiger partial charge in [-0.1, -0.05) is 23.7 Å². The third-order valence-corrected chi connectivity index (χ3v) is 4.25. The highest BCUT2D eigenvalue weighted by molar-refractivity contribution is 6.32. The van der Waals surface area contributed by atoms with Gasteiger partial charge >= 0.3 is 0 Å². The molecule has 0 saturated heterocycles. The Kier molecular flexibility index (Phi) is 6.10. The fourth-order valence-corrected chi connectivity index (χ4v) is 3.07. The van der Waals surface area contributed by atoms with Crippen LogP contribution in [0.4, 0.5) is 0 Å². The summed E-state index contributed by atoms with van der Waals surface area (Å²) in [5.41, 5.74) is 1.74. The summed E-state index contributed by atoms with van der Waals surface area (Å²) in [6.07, 6.45) is 4.23. The van der Waals surface area contributed by atoms with Gasteiger partial charge in [0.15, 0.2) is 0 Å². The molecule has 0 fully saturated rings. The first-order valence-corrected chi connectivity index (χ1v) is 7.85. The maximum absolute atomic E-state index is 12.7. The summed E-state index contributed by atoms with van der Waals surface area (Å²) in [5, 5.41) is 10.8. The maximum atomic E-state index is 12.7. The molecule has 0 aliphatic carbocycles. The molecule has 0 spiro atoms. The molecule has 1 aromatic heterocycles. The lowest BCUT2D eigenvalue weighted by atomic mass is 9.99. The van der Waals surface area contributed by atoms with Crippen molar-refractivity contribution in [1.29, 1.82) is 0 Å². The van der Waals surface area contributed by atoms with Crippen LogP contribution in [0, 0.1) is 0 Å². The van der Waals surface area contributed by atoms with E-state index < -0.39 is 6.04 Å². The second kappa shape index (κ2) is 7.88. The van der Waals surface area contributed by atoms with Crippen molar-refractivity contribution in [3.63, 3.8) is 0 Å². The molecule has 2 unspecified atom stereocenters. The first-order chi connectivity index (χ1) is 11.1. The minimum atomic E-state index is -0.450. The van der Waals surface area contributed by atoms with Gasteiger partial charge in [0.1, 0.15) is 11.8 Å². The van der Waals surface area contributed by atoms with Gasteiger partial charge in [-0.15, -0.1) is 12.4 Å². The zero-order valence-corrected chi connectivity index (χ0v) is 15.0. The molecule has 2 heterocycles. The molecular formula is C16H20Cl2N4O2. The number of benzene rings is 1. The predicted octanol–water partition coefficient (Wildman–Crippen LogP) is 2.40. The van der Waals surface area contributed by atoms with Crippen molar-refractivity contribution >= 4 is 29.9 Å². The minimum Gasteiger partial charge on any atom is -0.492 e. The molecule has 6 nitrogen and oxygen atoms in total. The molecule has 1 aliphatic heterocycles. The smallest absolute Gasteiger partial charge is 0.242 e. The highest BCUT2D eigenvalue weighted by Gasteiger charge is 2.28. The Morgan fingerprint density at radius 1 is 1.50 bits per heavy atom. The molecule has 1 aromatic carbocycles. The number of aryl methyl sites for hydroxylation is 1. The Labute approximate surface area is 151 Å². The van der Waals surface area contributed by atoms with Crippen LogP contribution in [0.15, 0.2) is 30.6 Å². The monoisotopic (exact) mass is 370 g/mol. The summed E-state index contributed by atoms with van der Waals surface area (Å²) < 4.78 is 7.31. The third-order valence-electron chi connectivity index (χ3n) is 3.95. The van der Waals surface area contributed by atoms with Gasteiger partial charge in [0.05, 0.1) is 23.9 Å². The first kappa shape index (κ1) is 18.6. The Balaban J connectivity index is 0.00000208. The second-order valence-corrected chi connectivity index (χ2v) is 5.93. The van der Waals surface area contributed by atoms with Crippen LogP contribution in [0.2, 0.25) is 5.02 Å². The Morgan fingerprint density at radius 3 is 2.96 bits per heavy atom. The fraction of sp³-hybridized carbons (Fsp3) is 0.375. The van der Waals surface area contributed by atoms with Gasteiger partial charge in [-0.2, -0.15) is 5.10 Å². The van der Waals surface area contributed by atoms with E-state index in [1.54, 1.807) is 24.0 Å². The van der Waals surface area contributed by atoms with Crippen molar-refractivity contribution in [3.05, 3.63) is 46.7 Å². The molecule has 1 aliphatic rings. The number of ether oxygens (including phenoxy) is 1. The molecule has 3 rings (SSSR count). The van der Waals surface area contributed by atoms with Crippen molar-refractivity contribution < 1.29 is 9.53 Å². The van der Waals surface area contributed by atoms with Gasteiger partial charge in [0.25, 0.3) is 0 Å². The number of carbonyl (C=O) groups excluding carboxylic acids is 1. The van der Waals surface area contributed by atoms with Crippen LogP contribution in [-0.4, -0.2) is 29.3 Å². The van der Waals surface area contributed by atoms with E-state index in [2.05, 4.69) is 15.7 Å². The Morgan fingerprint density at radius 2 is 2.29 bits per heavy atom.